The molecule has 1 aliphatic rings. The molecule has 1 aliphatic heterocycles. The summed E-state index contributed by atoms with van der Waals surface area (Å²) in [6.07, 6.45) is 2.77. The lowest BCUT2D eigenvalue weighted by atomic mass is 10.0. The Morgan fingerprint density at radius 2 is 2.47 bits per heavy atom. The fourth-order valence-electron chi connectivity index (χ4n) is 1.71. The first kappa shape index (κ1) is 10.2. The highest BCUT2D eigenvalue weighted by Gasteiger charge is 2.28. The highest BCUT2D eigenvalue weighted by atomic mass is 16.5. The van der Waals surface area contributed by atoms with Crippen LogP contribution in [-0.4, -0.2) is 35.7 Å². The first-order valence-electron chi connectivity index (χ1n) is 5.08. The Bertz CT molecular complexity index is 336. The van der Waals surface area contributed by atoms with E-state index in [1.54, 1.807) is 19.4 Å². The van der Waals surface area contributed by atoms with Gasteiger partial charge in [-0.1, -0.05) is 0 Å². The monoisotopic (exact) mass is 208 g/mol. The molecule has 2 N–H and O–H groups in total. The fourth-order valence-corrected chi connectivity index (χ4v) is 1.71. The number of nitrogens with one attached hydrogen (secondary N) is 2. The van der Waals surface area contributed by atoms with Crippen LogP contribution in [-0.2, 0) is 0 Å². The smallest absolute Gasteiger partial charge is 0.226 e. The predicted molar refractivity (Wildman–Crippen MR) is 58.1 cm³/mol. The van der Waals surface area contributed by atoms with Crippen LogP contribution in [0.5, 0.6) is 5.88 Å². The lowest BCUT2D eigenvalue weighted by Gasteiger charge is -2.24. The second-order valence-electron chi connectivity index (χ2n) is 4.04. The van der Waals surface area contributed by atoms with Gasteiger partial charge in [0, 0.05) is 18.8 Å². The maximum absolute atomic E-state index is 5.05. The summed E-state index contributed by atoms with van der Waals surface area (Å²) in [6.45, 7) is 4.14. The molecule has 0 saturated carbocycles. The molecule has 2 rings (SSSR count). The van der Waals surface area contributed by atoms with E-state index in [1.165, 1.54) is 0 Å². The summed E-state index contributed by atoms with van der Waals surface area (Å²) >= 11 is 0. The first-order valence-corrected chi connectivity index (χ1v) is 5.08. The van der Waals surface area contributed by atoms with E-state index in [2.05, 4.69) is 27.5 Å². The van der Waals surface area contributed by atoms with Gasteiger partial charge in [0.2, 0.25) is 11.8 Å². The molecule has 0 bridgehead atoms. The van der Waals surface area contributed by atoms with Crippen molar-refractivity contribution in [2.75, 3.05) is 25.5 Å². The second kappa shape index (κ2) is 4.02. The van der Waals surface area contributed by atoms with Crippen molar-refractivity contribution in [1.29, 1.82) is 0 Å². The van der Waals surface area contributed by atoms with Gasteiger partial charge >= 0.3 is 0 Å². The zero-order chi connectivity index (χ0) is 10.7. The molecule has 15 heavy (non-hydrogen) atoms. The number of rotatable bonds is 3. The molecule has 0 spiro atoms. The van der Waals surface area contributed by atoms with Crippen molar-refractivity contribution >= 4 is 5.95 Å². The van der Waals surface area contributed by atoms with E-state index in [4.69, 9.17) is 4.74 Å². The van der Waals surface area contributed by atoms with Crippen LogP contribution in [0.1, 0.15) is 13.3 Å². The minimum Gasteiger partial charge on any atom is -0.481 e. The Kier molecular flexibility index (Phi) is 2.73. The molecule has 1 fully saturated rings. The molecule has 0 aromatic carbocycles. The molecule has 1 saturated heterocycles. The topological polar surface area (TPSA) is 59.1 Å². The number of hydrogen-bond donors (Lipinski definition) is 2. The van der Waals surface area contributed by atoms with Crippen molar-refractivity contribution < 1.29 is 4.74 Å². The maximum Gasteiger partial charge on any atom is 0.226 e. The average Bonchev–Trinajstić information content (AvgIpc) is 2.65. The lowest BCUT2D eigenvalue weighted by molar-refractivity contribution is 0.397. The van der Waals surface area contributed by atoms with Crippen LogP contribution in [0, 0.1) is 0 Å². The van der Waals surface area contributed by atoms with E-state index in [0.29, 0.717) is 11.8 Å². The van der Waals surface area contributed by atoms with Crippen LogP contribution < -0.4 is 15.4 Å². The van der Waals surface area contributed by atoms with E-state index in [0.717, 1.165) is 19.5 Å². The largest absolute Gasteiger partial charge is 0.481 e. The molecule has 2 heterocycles. The van der Waals surface area contributed by atoms with E-state index in [1.807, 2.05) is 0 Å². The summed E-state index contributed by atoms with van der Waals surface area (Å²) in [5, 5.41) is 6.64. The molecule has 1 aromatic rings. The van der Waals surface area contributed by atoms with Gasteiger partial charge in [-0.15, -0.1) is 0 Å². The highest BCUT2D eigenvalue weighted by molar-refractivity contribution is 5.32. The van der Waals surface area contributed by atoms with Gasteiger partial charge in [0.05, 0.1) is 12.6 Å². The minimum atomic E-state index is 0.0480. The van der Waals surface area contributed by atoms with Gasteiger partial charge < -0.3 is 15.4 Å². The van der Waals surface area contributed by atoms with Crippen molar-refractivity contribution in [3.05, 3.63) is 12.3 Å². The normalized spacial score (nSPS) is 25.2. The minimum absolute atomic E-state index is 0.0480. The average molecular weight is 208 g/mol. The van der Waals surface area contributed by atoms with Crippen molar-refractivity contribution in [3.63, 3.8) is 0 Å². The molecule has 0 amide bonds. The number of nitrogens with zero attached hydrogens (tertiary/aromatic N) is 2. The van der Waals surface area contributed by atoms with Gasteiger partial charge in [-0.3, -0.25) is 0 Å². The van der Waals surface area contributed by atoms with Crippen molar-refractivity contribution in [1.82, 2.24) is 15.3 Å². The van der Waals surface area contributed by atoms with Gasteiger partial charge in [-0.2, -0.15) is 4.98 Å². The summed E-state index contributed by atoms with van der Waals surface area (Å²) in [5.74, 6) is 1.21. The quantitative estimate of drug-likeness (QED) is 0.763. The molecule has 0 radical (unpaired) electrons. The fraction of sp³-hybridized carbons (Fsp3) is 0.600. The molecule has 1 unspecified atom stereocenters. The van der Waals surface area contributed by atoms with E-state index >= 15 is 0 Å². The summed E-state index contributed by atoms with van der Waals surface area (Å²) in [7, 11) is 1.60. The number of aromatic nitrogens is 2. The molecule has 82 valence electrons. The summed E-state index contributed by atoms with van der Waals surface area (Å²) in [4.78, 5) is 8.39. The number of hydrogen-bond acceptors (Lipinski definition) is 5. The van der Waals surface area contributed by atoms with Crippen molar-refractivity contribution in [3.8, 4) is 5.88 Å². The van der Waals surface area contributed by atoms with Gasteiger partial charge in [0.25, 0.3) is 0 Å². The van der Waals surface area contributed by atoms with Crippen LogP contribution in [0.3, 0.4) is 0 Å². The number of ether oxygens (including phenoxy) is 1. The van der Waals surface area contributed by atoms with E-state index in [-0.39, 0.29) is 5.54 Å². The van der Waals surface area contributed by atoms with Crippen LogP contribution in [0.25, 0.3) is 0 Å². The van der Waals surface area contributed by atoms with Crippen LogP contribution in [0.15, 0.2) is 12.3 Å². The Balaban J connectivity index is 2.09. The number of anilines is 1. The van der Waals surface area contributed by atoms with Crippen LogP contribution >= 0.6 is 0 Å². The van der Waals surface area contributed by atoms with Gasteiger partial charge in [-0.05, 0) is 19.9 Å². The standard InChI is InChI=1S/C10H16N4O/c1-10(4-6-11-7-10)14-9-12-5-3-8(13-9)15-2/h3,5,11H,4,6-7H2,1-2H3,(H,12,13,14). The molecule has 1 atom stereocenters. The maximum atomic E-state index is 5.05. The molecule has 5 nitrogen and oxygen atoms in total. The molecular weight excluding hydrogens is 192 g/mol. The van der Waals surface area contributed by atoms with Crippen molar-refractivity contribution in [2.24, 2.45) is 0 Å². The van der Waals surface area contributed by atoms with E-state index < -0.39 is 0 Å². The second-order valence-corrected chi connectivity index (χ2v) is 4.04. The van der Waals surface area contributed by atoms with Crippen LogP contribution in [0.4, 0.5) is 5.95 Å². The van der Waals surface area contributed by atoms with Crippen LogP contribution in [0.2, 0.25) is 0 Å². The number of methoxy groups -OCH3 is 1. The zero-order valence-corrected chi connectivity index (χ0v) is 9.08. The Labute approximate surface area is 89.3 Å². The lowest BCUT2D eigenvalue weighted by Crippen LogP contribution is -2.37. The predicted octanol–water partition coefficient (Wildman–Crippen LogP) is 0.649. The SMILES string of the molecule is COc1ccnc(NC2(C)CCNC2)n1. The zero-order valence-electron chi connectivity index (χ0n) is 9.08. The molecular formula is C10H16N4O. The third-order valence-electron chi connectivity index (χ3n) is 2.62. The van der Waals surface area contributed by atoms with Gasteiger partial charge in [-0.25, -0.2) is 4.98 Å². The molecule has 0 aliphatic carbocycles. The van der Waals surface area contributed by atoms with E-state index in [9.17, 15) is 0 Å². The van der Waals surface area contributed by atoms with Gasteiger partial charge in [0.1, 0.15) is 0 Å². The summed E-state index contributed by atoms with van der Waals surface area (Å²) in [5.41, 5.74) is 0.0480. The third-order valence-corrected chi connectivity index (χ3v) is 2.62. The first-order chi connectivity index (χ1) is 7.22. The molecule has 1 aromatic heterocycles. The summed E-state index contributed by atoms with van der Waals surface area (Å²) < 4.78 is 5.05. The molecule has 5 heteroatoms. The highest BCUT2D eigenvalue weighted by Crippen LogP contribution is 2.19. The Morgan fingerprint density at radius 3 is 3.13 bits per heavy atom. The van der Waals surface area contributed by atoms with Gasteiger partial charge in [0.15, 0.2) is 0 Å². The van der Waals surface area contributed by atoms with Crippen molar-refractivity contribution in [2.45, 2.75) is 18.9 Å². The Morgan fingerprint density at radius 1 is 1.60 bits per heavy atom. The summed E-state index contributed by atoms with van der Waals surface area (Å²) in [6, 6.07) is 1.74. The third kappa shape index (κ3) is 2.36. The Hall–Kier alpha value is -1.36.